The van der Waals surface area contributed by atoms with Crippen molar-refractivity contribution >= 4 is 17.6 Å². The second kappa shape index (κ2) is 5.13. The molecule has 4 heteroatoms. The van der Waals surface area contributed by atoms with Gasteiger partial charge in [-0.15, -0.1) is 0 Å². The number of rotatable bonds is 4. The van der Waals surface area contributed by atoms with Crippen LogP contribution in [0.3, 0.4) is 0 Å². The highest BCUT2D eigenvalue weighted by molar-refractivity contribution is 5.87. The summed E-state index contributed by atoms with van der Waals surface area (Å²) in [7, 11) is 1.67. The fourth-order valence-corrected chi connectivity index (χ4v) is 2.72. The standard InChI is InChI=1S/C16H17NO3/c1-20-14-5-4-11-7-13(15(11)8-14)10-17-6-2-3-12(9-17)16(18)19/h3-5,7-8H,2,6,9-10H2,1H3,(H,18,19). The molecular weight excluding hydrogens is 254 g/mol. The zero-order valence-electron chi connectivity index (χ0n) is 11.4. The van der Waals surface area contributed by atoms with Crippen molar-refractivity contribution in [2.45, 2.75) is 6.42 Å². The molecule has 20 heavy (non-hydrogen) atoms. The van der Waals surface area contributed by atoms with E-state index < -0.39 is 5.97 Å². The summed E-state index contributed by atoms with van der Waals surface area (Å²) in [6.45, 7) is 2.23. The maximum absolute atomic E-state index is 11.0. The number of fused-ring (bicyclic) bond motifs is 1. The van der Waals surface area contributed by atoms with Gasteiger partial charge in [-0.3, -0.25) is 4.90 Å². The Hall–Kier alpha value is -2.07. The lowest BCUT2D eigenvalue weighted by atomic mass is 9.98. The Balaban J connectivity index is 1.77. The number of ether oxygens (including phenoxy) is 1. The van der Waals surface area contributed by atoms with Crippen LogP contribution in [-0.2, 0) is 4.79 Å². The molecule has 0 atom stereocenters. The van der Waals surface area contributed by atoms with E-state index in [1.165, 1.54) is 16.0 Å². The number of aliphatic carboxylic acids is 1. The van der Waals surface area contributed by atoms with Crippen LogP contribution in [0.15, 0.2) is 29.8 Å². The van der Waals surface area contributed by atoms with Gasteiger partial charge in [-0.2, -0.15) is 0 Å². The minimum Gasteiger partial charge on any atom is -0.497 e. The molecule has 0 saturated carbocycles. The van der Waals surface area contributed by atoms with Gasteiger partial charge in [-0.1, -0.05) is 12.1 Å². The Morgan fingerprint density at radius 3 is 3.05 bits per heavy atom. The summed E-state index contributed by atoms with van der Waals surface area (Å²) in [5.41, 5.74) is 1.76. The average molecular weight is 271 g/mol. The molecule has 4 nitrogen and oxygen atoms in total. The minimum atomic E-state index is -0.806. The highest BCUT2D eigenvalue weighted by Gasteiger charge is 2.19. The monoisotopic (exact) mass is 271 g/mol. The van der Waals surface area contributed by atoms with Crippen LogP contribution in [0.1, 0.15) is 6.42 Å². The Morgan fingerprint density at radius 2 is 2.30 bits per heavy atom. The Labute approximate surface area is 117 Å². The number of benzene rings is 1. The van der Waals surface area contributed by atoms with Gasteiger partial charge in [0.2, 0.25) is 0 Å². The van der Waals surface area contributed by atoms with E-state index in [0.717, 1.165) is 25.3 Å². The van der Waals surface area contributed by atoms with Crippen molar-refractivity contribution in [3.05, 3.63) is 40.3 Å². The fraction of sp³-hybridized carbons (Fsp3) is 0.312. The van der Waals surface area contributed by atoms with Gasteiger partial charge < -0.3 is 9.84 Å². The van der Waals surface area contributed by atoms with E-state index in [-0.39, 0.29) is 0 Å². The first-order valence-electron chi connectivity index (χ1n) is 6.71. The van der Waals surface area contributed by atoms with Crippen molar-refractivity contribution in [2.75, 3.05) is 26.7 Å². The Bertz CT molecular complexity index is 703. The third-order valence-corrected chi connectivity index (χ3v) is 3.83. The summed E-state index contributed by atoms with van der Waals surface area (Å²) in [4.78, 5) is 13.2. The Kier molecular flexibility index (Phi) is 3.32. The van der Waals surface area contributed by atoms with Gasteiger partial charge >= 0.3 is 5.97 Å². The van der Waals surface area contributed by atoms with Crippen LogP contribution in [0.25, 0.3) is 11.6 Å². The predicted molar refractivity (Wildman–Crippen MR) is 76.9 cm³/mol. The lowest BCUT2D eigenvalue weighted by molar-refractivity contribution is -0.133. The molecule has 0 fully saturated rings. The fourth-order valence-electron chi connectivity index (χ4n) is 2.72. The Morgan fingerprint density at radius 1 is 1.45 bits per heavy atom. The van der Waals surface area contributed by atoms with Crippen molar-refractivity contribution in [3.8, 4) is 5.75 Å². The summed E-state index contributed by atoms with van der Waals surface area (Å²) in [6.07, 6.45) is 4.79. The lowest BCUT2D eigenvalue weighted by Gasteiger charge is -2.27. The van der Waals surface area contributed by atoms with E-state index >= 15 is 0 Å². The van der Waals surface area contributed by atoms with Crippen molar-refractivity contribution in [3.63, 3.8) is 0 Å². The minimum absolute atomic E-state index is 0.502. The van der Waals surface area contributed by atoms with Gasteiger partial charge in [0.15, 0.2) is 0 Å². The van der Waals surface area contributed by atoms with Crippen LogP contribution in [0.5, 0.6) is 5.75 Å². The van der Waals surface area contributed by atoms with Crippen molar-refractivity contribution < 1.29 is 14.6 Å². The molecule has 0 bridgehead atoms. The second-order valence-electron chi connectivity index (χ2n) is 5.16. The van der Waals surface area contributed by atoms with E-state index in [4.69, 9.17) is 9.84 Å². The normalized spacial score (nSPS) is 17.6. The topological polar surface area (TPSA) is 49.8 Å². The summed E-state index contributed by atoms with van der Waals surface area (Å²) in [5.74, 6) is 0.0541. The molecule has 0 aromatic heterocycles. The highest BCUT2D eigenvalue weighted by Crippen LogP contribution is 2.14. The number of carboxylic acid groups (broad SMARTS) is 1. The molecule has 1 N–H and O–H groups in total. The van der Waals surface area contributed by atoms with Crippen LogP contribution in [0.2, 0.25) is 0 Å². The molecule has 1 aliphatic heterocycles. The van der Waals surface area contributed by atoms with Gasteiger partial charge in [0.05, 0.1) is 7.11 Å². The molecule has 1 aromatic rings. The third kappa shape index (κ3) is 2.34. The third-order valence-electron chi connectivity index (χ3n) is 3.83. The smallest absolute Gasteiger partial charge is 0.332 e. The zero-order valence-corrected chi connectivity index (χ0v) is 11.4. The molecule has 0 amide bonds. The lowest BCUT2D eigenvalue weighted by Crippen LogP contribution is -2.41. The SMILES string of the molecule is COc1ccc2c(c1)=C(CN1CCC=C(C(=O)O)C1)C=2. The van der Waals surface area contributed by atoms with E-state index in [0.29, 0.717) is 12.1 Å². The second-order valence-corrected chi connectivity index (χ2v) is 5.16. The molecule has 1 aliphatic carbocycles. The molecule has 0 spiro atoms. The van der Waals surface area contributed by atoms with Crippen molar-refractivity contribution in [1.29, 1.82) is 0 Å². The number of methoxy groups -OCH3 is 1. The molecule has 2 aliphatic rings. The van der Waals surface area contributed by atoms with Crippen LogP contribution in [0, 0.1) is 0 Å². The summed E-state index contributed by atoms with van der Waals surface area (Å²) >= 11 is 0. The largest absolute Gasteiger partial charge is 0.497 e. The van der Waals surface area contributed by atoms with Crippen LogP contribution >= 0.6 is 0 Å². The van der Waals surface area contributed by atoms with E-state index in [1.54, 1.807) is 7.11 Å². The molecule has 104 valence electrons. The van der Waals surface area contributed by atoms with Gasteiger partial charge in [0.1, 0.15) is 5.75 Å². The zero-order chi connectivity index (χ0) is 14.1. The number of hydrogen-bond acceptors (Lipinski definition) is 3. The summed E-state index contributed by atoms with van der Waals surface area (Å²) in [5, 5.41) is 11.5. The molecule has 0 unspecified atom stereocenters. The van der Waals surface area contributed by atoms with Gasteiger partial charge in [0.25, 0.3) is 0 Å². The van der Waals surface area contributed by atoms with E-state index in [1.807, 2.05) is 18.2 Å². The van der Waals surface area contributed by atoms with E-state index in [2.05, 4.69) is 17.0 Å². The number of nitrogens with zero attached hydrogens (tertiary/aromatic N) is 1. The molecule has 1 heterocycles. The number of hydrogen-bond donors (Lipinski definition) is 1. The van der Waals surface area contributed by atoms with E-state index in [9.17, 15) is 4.79 Å². The molecule has 0 saturated heterocycles. The maximum atomic E-state index is 11.0. The van der Waals surface area contributed by atoms with Crippen LogP contribution < -0.4 is 15.2 Å². The van der Waals surface area contributed by atoms with Crippen LogP contribution in [-0.4, -0.2) is 42.7 Å². The predicted octanol–water partition coefficient (Wildman–Crippen LogP) is 0.357. The quantitative estimate of drug-likeness (QED) is 0.859. The van der Waals surface area contributed by atoms with Crippen molar-refractivity contribution in [1.82, 2.24) is 4.90 Å². The maximum Gasteiger partial charge on any atom is 0.332 e. The molecule has 0 radical (unpaired) electrons. The van der Waals surface area contributed by atoms with Crippen LogP contribution in [0.4, 0.5) is 0 Å². The number of carbonyl (C=O) groups is 1. The first kappa shape index (κ1) is 12.9. The first-order valence-corrected chi connectivity index (χ1v) is 6.71. The molecular formula is C16H17NO3. The van der Waals surface area contributed by atoms with Gasteiger partial charge in [-0.25, -0.2) is 4.79 Å². The summed E-state index contributed by atoms with van der Waals surface area (Å²) < 4.78 is 5.24. The molecule has 3 rings (SSSR count). The summed E-state index contributed by atoms with van der Waals surface area (Å²) in [6, 6.07) is 6.05. The molecule has 1 aromatic carbocycles. The van der Waals surface area contributed by atoms with Gasteiger partial charge in [-0.05, 0) is 40.6 Å². The first-order chi connectivity index (χ1) is 9.67. The number of carboxylic acids is 1. The van der Waals surface area contributed by atoms with Crippen molar-refractivity contribution in [2.24, 2.45) is 0 Å². The van der Waals surface area contributed by atoms with Gasteiger partial charge in [0, 0.05) is 25.2 Å². The average Bonchev–Trinajstić information content (AvgIpc) is 2.45. The highest BCUT2D eigenvalue weighted by atomic mass is 16.5.